The van der Waals surface area contributed by atoms with E-state index in [1.165, 1.54) is 32.1 Å². The van der Waals surface area contributed by atoms with Crippen molar-refractivity contribution < 1.29 is 14.0 Å². The fourth-order valence-electron chi connectivity index (χ4n) is 5.37. The van der Waals surface area contributed by atoms with Gasteiger partial charge in [0.1, 0.15) is 5.58 Å². The summed E-state index contributed by atoms with van der Waals surface area (Å²) in [4.78, 5) is 27.2. The van der Waals surface area contributed by atoms with Crippen LogP contribution in [0, 0.1) is 0 Å². The maximum atomic E-state index is 13.4. The third-order valence-electron chi connectivity index (χ3n) is 7.18. The minimum absolute atomic E-state index is 0.215. The predicted octanol–water partition coefficient (Wildman–Crippen LogP) is 5.70. The number of likely N-dealkylation sites (tertiary alicyclic amines) is 1. The Kier molecular flexibility index (Phi) is 7.44. The van der Waals surface area contributed by atoms with Crippen LogP contribution in [0.5, 0.6) is 0 Å². The van der Waals surface area contributed by atoms with Gasteiger partial charge < -0.3 is 15.5 Å². The van der Waals surface area contributed by atoms with E-state index >= 15 is 0 Å². The molecule has 3 N–H and O–H groups in total. The summed E-state index contributed by atoms with van der Waals surface area (Å²) in [5, 5.41) is 4.71. The first-order valence-electron chi connectivity index (χ1n) is 12.6. The van der Waals surface area contributed by atoms with Crippen molar-refractivity contribution in [1.29, 1.82) is 0 Å². The number of nitrogens with zero attached hydrogens (tertiary/aromatic N) is 1. The zero-order valence-corrected chi connectivity index (χ0v) is 20.8. The van der Waals surface area contributed by atoms with E-state index in [1.807, 2.05) is 60.3 Å². The Morgan fingerprint density at radius 1 is 1.03 bits per heavy atom. The molecule has 3 aromatic rings. The molecule has 2 aromatic carbocycles. The molecule has 2 aliphatic rings. The molecule has 5 rings (SSSR count). The van der Waals surface area contributed by atoms with Crippen molar-refractivity contribution in [2.75, 3.05) is 11.9 Å². The van der Waals surface area contributed by atoms with Crippen molar-refractivity contribution >= 4 is 40.2 Å². The molecule has 184 valence electrons. The first kappa shape index (κ1) is 23.9. The summed E-state index contributed by atoms with van der Waals surface area (Å²) in [6.45, 7) is 1.48. The number of hydrogen-bond acceptors (Lipinski definition) is 5. The number of carbonyl (C=O) groups is 2. The lowest BCUT2D eigenvalue weighted by Gasteiger charge is -2.22. The van der Waals surface area contributed by atoms with Crippen LogP contribution in [-0.4, -0.2) is 34.6 Å². The van der Waals surface area contributed by atoms with Gasteiger partial charge in [-0.15, -0.1) is 0 Å². The second kappa shape index (κ2) is 10.9. The van der Waals surface area contributed by atoms with Crippen molar-refractivity contribution in [3.63, 3.8) is 0 Å². The third-order valence-corrected chi connectivity index (χ3v) is 8.58. The number of furan rings is 1. The number of amides is 2. The highest BCUT2D eigenvalue weighted by molar-refractivity contribution is 7.99. The molecule has 1 atom stereocenters. The number of thioether (sulfide) groups is 1. The highest BCUT2D eigenvalue weighted by Crippen LogP contribution is 2.35. The summed E-state index contributed by atoms with van der Waals surface area (Å²) in [6.07, 6.45) is 8.21. The molecule has 1 saturated carbocycles. The number of anilines is 1. The average Bonchev–Trinajstić information content (AvgIpc) is 3.48. The van der Waals surface area contributed by atoms with E-state index in [1.54, 1.807) is 0 Å². The van der Waals surface area contributed by atoms with Crippen molar-refractivity contribution in [2.24, 2.45) is 5.73 Å². The molecule has 0 spiro atoms. The first-order valence-corrected chi connectivity index (χ1v) is 13.7. The number of hydrogen-bond donors (Lipinski definition) is 2. The molecule has 7 heteroatoms. The lowest BCUT2D eigenvalue weighted by Crippen LogP contribution is -2.39. The van der Waals surface area contributed by atoms with E-state index in [9.17, 15) is 9.59 Å². The van der Waals surface area contributed by atoms with Gasteiger partial charge in [-0.1, -0.05) is 49.6 Å². The zero-order chi connectivity index (χ0) is 24.2. The van der Waals surface area contributed by atoms with E-state index in [2.05, 4.69) is 10.2 Å². The van der Waals surface area contributed by atoms with Crippen LogP contribution in [0.2, 0.25) is 0 Å². The fraction of sp³-hybridized carbons (Fsp3) is 0.429. The molecular weight excluding hydrogens is 458 g/mol. The lowest BCUT2D eigenvalue weighted by atomic mass is 10.0. The first-order chi connectivity index (χ1) is 17.1. The smallest absolute Gasteiger partial charge is 0.291 e. The molecular formula is C28H33N3O3S. The van der Waals surface area contributed by atoms with E-state index in [0.29, 0.717) is 23.2 Å². The number of primary amides is 1. The molecule has 1 saturated heterocycles. The number of benzene rings is 2. The number of fused-ring (bicyclic) bond motifs is 1. The molecule has 2 fully saturated rings. The number of rotatable bonds is 8. The Bertz CT molecular complexity index is 1200. The lowest BCUT2D eigenvalue weighted by molar-refractivity contribution is -0.122. The van der Waals surface area contributed by atoms with Crippen molar-refractivity contribution in [3.05, 3.63) is 65.4 Å². The number of para-hydroxylation sites is 1. The summed E-state index contributed by atoms with van der Waals surface area (Å²) in [5.74, 6) is 0.672. The topological polar surface area (TPSA) is 88.6 Å². The summed E-state index contributed by atoms with van der Waals surface area (Å²) in [7, 11) is 0. The second-order valence-corrected chi connectivity index (χ2v) is 11.0. The largest absolute Gasteiger partial charge is 0.451 e. The minimum atomic E-state index is -0.268. The van der Waals surface area contributed by atoms with Crippen LogP contribution in [0.3, 0.4) is 0 Å². The van der Waals surface area contributed by atoms with Gasteiger partial charge in [0.2, 0.25) is 5.91 Å². The van der Waals surface area contributed by atoms with Crippen LogP contribution in [0.1, 0.15) is 66.6 Å². The van der Waals surface area contributed by atoms with E-state index in [-0.39, 0.29) is 17.9 Å². The Morgan fingerprint density at radius 3 is 2.69 bits per heavy atom. The molecule has 2 amide bonds. The van der Waals surface area contributed by atoms with Gasteiger partial charge in [-0.3, -0.25) is 14.5 Å². The highest BCUT2D eigenvalue weighted by Gasteiger charge is 2.29. The zero-order valence-electron chi connectivity index (χ0n) is 20.0. The van der Waals surface area contributed by atoms with Gasteiger partial charge in [-0.05, 0) is 56.0 Å². The highest BCUT2D eigenvalue weighted by atomic mass is 32.2. The Balaban J connectivity index is 1.32. The Labute approximate surface area is 210 Å². The summed E-state index contributed by atoms with van der Waals surface area (Å²) >= 11 is 1.95. The van der Waals surface area contributed by atoms with Crippen molar-refractivity contribution in [3.8, 4) is 0 Å². The minimum Gasteiger partial charge on any atom is -0.451 e. The Morgan fingerprint density at radius 2 is 1.86 bits per heavy atom. The molecule has 1 aromatic heterocycles. The summed E-state index contributed by atoms with van der Waals surface area (Å²) < 4.78 is 6.07. The van der Waals surface area contributed by atoms with Gasteiger partial charge in [0.25, 0.3) is 5.91 Å². The van der Waals surface area contributed by atoms with Crippen LogP contribution in [0.25, 0.3) is 11.0 Å². The molecule has 0 radical (unpaired) electrons. The number of nitrogens with two attached hydrogens (primary N) is 1. The van der Waals surface area contributed by atoms with Gasteiger partial charge in [-0.2, -0.15) is 11.8 Å². The number of carbonyl (C=O) groups excluding carboxylic acids is 2. The van der Waals surface area contributed by atoms with Crippen LogP contribution in [-0.2, 0) is 17.1 Å². The van der Waals surface area contributed by atoms with Crippen molar-refractivity contribution in [1.82, 2.24) is 4.90 Å². The fourth-order valence-corrected chi connectivity index (χ4v) is 6.72. The summed E-state index contributed by atoms with van der Waals surface area (Å²) in [6, 6.07) is 15.5. The second-order valence-electron chi connectivity index (χ2n) is 9.66. The van der Waals surface area contributed by atoms with Crippen LogP contribution >= 0.6 is 11.8 Å². The van der Waals surface area contributed by atoms with Gasteiger partial charge in [0.05, 0.1) is 6.04 Å². The van der Waals surface area contributed by atoms with E-state index in [4.69, 9.17) is 10.2 Å². The van der Waals surface area contributed by atoms with Gasteiger partial charge in [-0.25, -0.2) is 0 Å². The molecule has 2 heterocycles. The van der Waals surface area contributed by atoms with Crippen LogP contribution < -0.4 is 11.1 Å². The molecule has 0 bridgehead atoms. The number of nitrogens with one attached hydrogen (secondary N) is 1. The molecule has 35 heavy (non-hydrogen) atoms. The molecule has 6 nitrogen and oxygen atoms in total. The van der Waals surface area contributed by atoms with Crippen LogP contribution in [0.4, 0.5) is 5.69 Å². The van der Waals surface area contributed by atoms with Gasteiger partial charge in [0.15, 0.2) is 5.76 Å². The standard InChI is InChI=1S/C28H33N3O3S/c29-27(32)24-13-7-15-31(24)17-19-8-6-9-20(16-19)30-28(33)26-23(18-35-21-10-2-1-3-11-21)22-12-4-5-14-25(22)34-26/h4-6,8-9,12,14,16,21,24H,1-3,7,10-11,13,15,17-18H2,(H2,29,32)(H,30,33)/t24-/m0/s1. The summed E-state index contributed by atoms with van der Waals surface area (Å²) in [5.41, 5.74) is 9.05. The SMILES string of the molecule is NC(=O)[C@@H]1CCCN1Cc1cccc(NC(=O)c2oc3ccccc3c2CSC2CCCCC2)c1. The quantitative estimate of drug-likeness (QED) is 0.422. The van der Waals surface area contributed by atoms with E-state index in [0.717, 1.165) is 47.2 Å². The monoisotopic (exact) mass is 491 g/mol. The Hall–Kier alpha value is -2.77. The average molecular weight is 492 g/mol. The van der Waals surface area contributed by atoms with Gasteiger partial charge >= 0.3 is 0 Å². The predicted molar refractivity (Wildman–Crippen MR) is 141 cm³/mol. The van der Waals surface area contributed by atoms with Crippen LogP contribution in [0.15, 0.2) is 52.9 Å². The van der Waals surface area contributed by atoms with Gasteiger partial charge in [0, 0.05) is 34.2 Å². The maximum Gasteiger partial charge on any atom is 0.291 e. The molecule has 1 aliphatic carbocycles. The normalized spacial score (nSPS) is 19.3. The molecule has 0 unspecified atom stereocenters. The maximum absolute atomic E-state index is 13.4. The van der Waals surface area contributed by atoms with E-state index < -0.39 is 0 Å². The van der Waals surface area contributed by atoms with Crippen molar-refractivity contribution in [2.45, 2.75) is 68.5 Å². The molecule has 1 aliphatic heterocycles. The third kappa shape index (κ3) is 5.57.